The molecule has 2 unspecified atom stereocenters. The first-order chi connectivity index (χ1) is 9.37. The minimum Gasteiger partial charge on any atom is -0.348 e. The van der Waals surface area contributed by atoms with E-state index in [-0.39, 0.29) is 22.8 Å². The molecule has 0 aromatic heterocycles. The van der Waals surface area contributed by atoms with Gasteiger partial charge in [0.05, 0.1) is 17.6 Å². The summed E-state index contributed by atoms with van der Waals surface area (Å²) in [6, 6.07) is 6.67. The first-order valence-electron chi connectivity index (χ1n) is 6.67. The molecule has 1 aromatic rings. The van der Waals surface area contributed by atoms with Crippen LogP contribution >= 0.6 is 0 Å². The van der Waals surface area contributed by atoms with Gasteiger partial charge < -0.3 is 14.8 Å². The minimum absolute atomic E-state index is 0.00569. The van der Waals surface area contributed by atoms with Crippen LogP contribution in [-0.4, -0.2) is 30.0 Å². The highest BCUT2D eigenvalue weighted by atomic mass is 16.7. The van der Waals surface area contributed by atoms with Crippen molar-refractivity contribution in [3.05, 3.63) is 39.9 Å². The van der Waals surface area contributed by atoms with E-state index in [1.165, 1.54) is 6.07 Å². The van der Waals surface area contributed by atoms with Crippen molar-refractivity contribution in [1.29, 1.82) is 0 Å². The standard InChI is InChI=1S/C14H20N2O4/c1-10(11-5-4-6-12(7-11)16(17)18)15-8-13-9-19-14(2,3)20-13/h4-7,10,13,15H,8-9H2,1-3H3. The van der Waals surface area contributed by atoms with Gasteiger partial charge in [0.1, 0.15) is 0 Å². The monoisotopic (exact) mass is 280 g/mol. The SMILES string of the molecule is CC(NCC1COC(C)(C)O1)c1cccc([N+](=O)[O-])c1. The molecule has 0 saturated carbocycles. The number of hydrogen-bond donors (Lipinski definition) is 1. The first kappa shape index (κ1) is 14.9. The third kappa shape index (κ3) is 3.75. The fourth-order valence-corrected chi connectivity index (χ4v) is 2.20. The van der Waals surface area contributed by atoms with E-state index in [9.17, 15) is 10.1 Å². The molecule has 1 aliphatic heterocycles. The zero-order valence-electron chi connectivity index (χ0n) is 12.0. The van der Waals surface area contributed by atoms with Gasteiger partial charge in [0.25, 0.3) is 5.69 Å². The maximum atomic E-state index is 10.8. The van der Waals surface area contributed by atoms with Gasteiger partial charge in [0.2, 0.25) is 0 Å². The number of benzene rings is 1. The molecule has 0 bridgehead atoms. The van der Waals surface area contributed by atoms with Crippen molar-refractivity contribution in [2.45, 2.75) is 38.7 Å². The lowest BCUT2D eigenvalue weighted by molar-refractivity contribution is -0.384. The Kier molecular flexibility index (Phi) is 4.37. The highest BCUT2D eigenvalue weighted by molar-refractivity contribution is 5.35. The number of rotatable bonds is 5. The third-order valence-corrected chi connectivity index (χ3v) is 3.30. The van der Waals surface area contributed by atoms with Crippen molar-refractivity contribution in [2.75, 3.05) is 13.2 Å². The van der Waals surface area contributed by atoms with Crippen LogP contribution in [0.3, 0.4) is 0 Å². The Hall–Kier alpha value is -1.50. The number of nitro groups is 1. The Balaban J connectivity index is 1.90. The number of hydrogen-bond acceptors (Lipinski definition) is 5. The van der Waals surface area contributed by atoms with Crippen molar-refractivity contribution in [3.8, 4) is 0 Å². The van der Waals surface area contributed by atoms with Crippen molar-refractivity contribution in [1.82, 2.24) is 5.32 Å². The minimum atomic E-state index is -0.527. The van der Waals surface area contributed by atoms with Crippen LogP contribution in [0.1, 0.15) is 32.4 Å². The summed E-state index contributed by atoms with van der Waals surface area (Å²) < 4.78 is 11.2. The van der Waals surface area contributed by atoms with Crippen LogP contribution in [0.15, 0.2) is 24.3 Å². The number of nitro benzene ring substituents is 1. The Morgan fingerprint density at radius 1 is 1.55 bits per heavy atom. The zero-order chi connectivity index (χ0) is 14.8. The lowest BCUT2D eigenvalue weighted by Gasteiger charge is -2.19. The Morgan fingerprint density at radius 2 is 2.30 bits per heavy atom. The van der Waals surface area contributed by atoms with Crippen LogP contribution in [0.2, 0.25) is 0 Å². The molecule has 2 atom stereocenters. The van der Waals surface area contributed by atoms with Gasteiger partial charge in [-0.05, 0) is 26.3 Å². The summed E-state index contributed by atoms with van der Waals surface area (Å²) in [5.74, 6) is -0.527. The molecule has 6 heteroatoms. The number of nitrogens with zero attached hydrogens (tertiary/aromatic N) is 1. The van der Waals surface area contributed by atoms with E-state index in [0.717, 1.165) is 5.56 Å². The molecule has 0 aliphatic carbocycles. The van der Waals surface area contributed by atoms with Gasteiger partial charge in [-0.1, -0.05) is 12.1 Å². The van der Waals surface area contributed by atoms with E-state index in [2.05, 4.69) is 5.32 Å². The van der Waals surface area contributed by atoms with Crippen molar-refractivity contribution >= 4 is 5.69 Å². The van der Waals surface area contributed by atoms with E-state index < -0.39 is 5.79 Å². The van der Waals surface area contributed by atoms with Crippen LogP contribution in [0.4, 0.5) is 5.69 Å². The summed E-state index contributed by atoms with van der Waals surface area (Å²) in [6.07, 6.45) is 0.00569. The summed E-state index contributed by atoms with van der Waals surface area (Å²) in [5.41, 5.74) is 0.995. The van der Waals surface area contributed by atoms with Gasteiger partial charge in [-0.25, -0.2) is 0 Å². The summed E-state index contributed by atoms with van der Waals surface area (Å²) in [5, 5.41) is 14.1. The van der Waals surface area contributed by atoms with E-state index in [4.69, 9.17) is 9.47 Å². The van der Waals surface area contributed by atoms with Crippen LogP contribution in [0.5, 0.6) is 0 Å². The Morgan fingerprint density at radius 3 is 2.90 bits per heavy atom. The fraction of sp³-hybridized carbons (Fsp3) is 0.571. The summed E-state index contributed by atoms with van der Waals surface area (Å²) in [7, 11) is 0. The van der Waals surface area contributed by atoms with E-state index in [1.54, 1.807) is 12.1 Å². The predicted octanol–water partition coefficient (Wildman–Crippen LogP) is 2.40. The Labute approximate surface area is 118 Å². The number of non-ortho nitro benzene ring substituents is 1. The van der Waals surface area contributed by atoms with Crippen LogP contribution in [0.25, 0.3) is 0 Å². The maximum Gasteiger partial charge on any atom is 0.269 e. The number of nitrogens with one attached hydrogen (secondary N) is 1. The third-order valence-electron chi connectivity index (χ3n) is 3.30. The molecule has 0 spiro atoms. The topological polar surface area (TPSA) is 73.6 Å². The summed E-state index contributed by atoms with van der Waals surface area (Å²) >= 11 is 0. The average molecular weight is 280 g/mol. The normalized spacial score (nSPS) is 22.6. The second-order valence-corrected chi connectivity index (χ2v) is 5.43. The average Bonchev–Trinajstić information content (AvgIpc) is 2.75. The summed E-state index contributed by atoms with van der Waals surface area (Å²) in [6.45, 7) is 6.95. The van der Waals surface area contributed by atoms with Gasteiger partial charge in [0.15, 0.2) is 5.79 Å². The largest absolute Gasteiger partial charge is 0.348 e. The van der Waals surface area contributed by atoms with Gasteiger partial charge in [-0.2, -0.15) is 0 Å². The quantitative estimate of drug-likeness (QED) is 0.662. The van der Waals surface area contributed by atoms with Gasteiger partial charge >= 0.3 is 0 Å². The molecule has 2 rings (SSSR count). The smallest absolute Gasteiger partial charge is 0.269 e. The molecule has 1 saturated heterocycles. The molecule has 1 N–H and O–H groups in total. The predicted molar refractivity (Wildman–Crippen MR) is 74.4 cm³/mol. The van der Waals surface area contributed by atoms with Crippen LogP contribution in [0, 0.1) is 10.1 Å². The van der Waals surface area contributed by atoms with Gasteiger partial charge in [-0.3, -0.25) is 10.1 Å². The molecule has 20 heavy (non-hydrogen) atoms. The molecule has 1 fully saturated rings. The van der Waals surface area contributed by atoms with Crippen molar-refractivity contribution in [3.63, 3.8) is 0 Å². The van der Waals surface area contributed by atoms with Crippen LogP contribution in [-0.2, 0) is 9.47 Å². The number of ether oxygens (including phenoxy) is 2. The molecule has 0 amide bonds. The van der Waals surface area contributed by atoms with Crippen molar-refractivity contribution < 1.29 is 14.4 Å². The molecular formula is C14H20N2O4. The summed E-state index contributed by atoms with van der Waals surface area (Å²) in [4.78, 5) is 10.4. The molecule has 6 nitrogen and oxygen atoms in total. The molecule has 1 aromatic carbocycles. The molecular weight excluding hydrogens is 260 g/mol. The highest BCUT2D eigenvalue weighted by Gasteiger charge is 2.32. The first-order valence-corrected chi connectivity index (χ1v) is 6.67. The molecule has 0 radical (unpaired) electrons. The maximum absolute atomic E-state index is 10.8. The van der Waals surface area contributed by atoms with Gasteiger partial charge in [-0.15, -0.1) is 0 Å². The lowest BCUT2D eigenvalue weighted by atomic mass is 10.1. The van der Waals surface area contributed by atoms with E-state index in [1.807, 2.05) is 26.8 Å². The molecule has 1 aliphatic rings. The lowest BCUT2D eigenvalue weighted by Crippen LogP contribution is -2.32. The zero-order valence-corrected chi connectivity index (χ0v) is 12.0. The van der Waals surface area contributed by atoms with Crippen molar-refractivity contribution in [2.24, 2.45) is 0 Å². The Bertz CT molecular complexity index is 490. The fourth-order valence-electron chi connectivity index (χ4n) is 2.20. The molecule has 1 heterocycles. The second-order valence-electron chi connectivity index (χ2n) is 5.43. The van der Waals surface area contributed by atoms with Crippen LogP contribution < -0.4 is 5.32 Å². The molecule has 110 valence electrons. The highest BCUT2D eigenvalue weighted by Crippen LogP contribution is 2.23. The second kappa shape index (κ2) is 5.87. The van der Waals surface area contributed by atoms with E-state index in [0.29, 0.717) is 13.2 Å². The van der Waals surface area contributed by atoms with Gasteiger partial charge in [0, 0.05) is 24.7 Å². The van der Waals surface area contributed by atoms with E-state index >= 15 is 0 Å².